The first-order chi connectivity index (χ1) is 11.8. The Morgan fingerprint density at radius 3 is 2.83 bits per heavy atom. The Labute approximate surface area is 140 Å². The van der Waals surface area contributed by atoms with Crippen LogP contribution in [0.5, 0.6) is 5.75 Å². The molecule has 7 heteroatoms. The number of hydrogen-bond donors (Lipinski definition) is 4. The zero-order valence-electron chi connectivity index (χ0n) is 13.3. The fourth-order valence-corrected chi connectivity index (χ4v) is 2.34. The molecule has 0 spiro atoms. The van der Waals surface area contributed by atoms with E-state index in [2.05, 4.69) is 26.0 Å². The lowest BCUT2D eigenvalue weighted by atomic mass is 10.2. The first kappa shape index (κ1) is 16.2. The van der Waals surface area contributed by atoms with E-state index in [9.17, 15) is 5.11 Å². The molecule has 0 bridgehead atoms. The van der Waals surface area contributed by atoms with Gasteiger partial charge >= 0.3 is 0 Å². The average Bonchev–Trinajstić information content (AvgIpc) is 3.10. The highest BCUT2D eigenvalue weighted by Gasteiger charge is 2.05. The monoisotopic (exact) mass is 327 g/mol. The fraction of sp³-hybridized carbons (Fsp3) is 0.294. The Balaban J connectivity index is 1.33. The quantitative estimate of drug-likeness (QED) is 0.444. The van der Waals surface area contributed by atoms with Crippen molar-refractivity contribution in [2.24, 2.45) is 0 Å². The highest BCUT2D eigenvalue weighted by atomic mass is 16.5. The predicted molar refractivity (Wildman–Crippen MR) is 93.2 cm³/mol. The molecule has 1 aromatic heterocycles. The Hall–Kier alpha value is -2.64. The number of aliphatic hydroxyl groups excluding tert-OH is 1. The number of rotatable bonds is 9. The second-order valence-corrected chi connectivity index (χ2v) is 5.42. The molecule has 0 amide bonds. The van der Waals surface area contributed by atoms with Crippen LogP contribution in [0.25, 0.3) is 11.0 Å². The number of aromatic amines is 1. The summed E-state index contributed by atoms with van der Waals surface area (Å²) >= 11 is 0. The molecule has 0 aliphatic heterocycles. The van der Waals surface area contributed by atoms with Gasteiger partial charge in [0.1, 0.15) is 24.0 Å². The lowest BCUT2D eigenvalue weighted by Crippen LogP contribution is -2.34. The lowest BCUT2D eigenvalue weighted by Gasteiger charge is -2.13. The smallest absolute Gasteiger partial charge is 0.135 e. The van der Waals surface area contributed by atoms with Crippen molar-refractivity contribution in [3.05, 3.63) is 48.5 Å². The number of hydrogen-bond acceptors (Lipinski definition) is 6. The minimum atomic E-state index is -0.552. The maximum Gasteiger partial charge on any atom is 0.135 e. The normalized spacial score (nSPS) is 12.2. The van der Waals surface area contributed by atoms with E-state index < -0.39 is 6.10 Å². The number of ether oxygens (including phenoxy) is 1. The number of H-pyrrole nitrogens is 1. The van der Waals surface area contributed by atoms with Crippen LogP contribution in [0.4, 0.5) is 5.69 Å². The van der Waals surface area contributed by atoms with Crippen LogP contribution in [0.2, 0.25) is 0 Å². The van der Waals surface area contributed by atoms with Crippen molar-refractivity contribution < 1.29 is 9.84 Å². The molecule has 3 rings (SSSR count). The maximum absolute atomic E-state index is 9.91. The lowest BCUT2D eigenvalue weighted by molar-refractivity contribution is 0.107. The summed E-state index contributed by atoms with van der Waals surface area (Å²) in [6, 6.07) is 15.3. The van der Waals surface area contributed by atoms with Gasteiger partial charge in [0, 0.05) is 19.6 Å². The van der Waals surface area contributed by atoms with E-state index in [1.54, 1.807) is 0 Å². The molecule has 0 aliphatic rings. The molecule has 2 aromatic carbocycles. The van der Waals surface area contributed by atoms with Gasteiger partial charge in [-0.1, -0.05) is 29.5 Å². The van der Waals surface area contributed by atoms with Gasteiger partial charge in [-0.3, -0.25) is 5.10 Å². The molecule has 126 valence electrons. The van der Waals surface area contributed by atoms with Crippen LogP contribution >= 0.6 is 0 Å². The Morgan fingerprint density at radius 1 is 1.08 bits per heavy atom. The summed E-state index contributed by atoms with van der Waals surface area (Å²) in [5, 5.41) is 27.1. The number of para-hydroxylation sites is 1. The van der Waals surface area contributed by atoms with Crippen molar-refractivity contribution in [1.82, 2.24) is 20.7 Å². The highest BCUT2D eigenvalue weighted by Crippen LogP contribution is 2.18. The number of fused-ring (bicyclic) bond motifs is 1. The van der Waals surface area contributed by atoms with Gasteiger partial charge in [0.2, 0.25) is 0 Å². The van der Waals surface area contributed by atoms with Crippen LogP contribution in [0.3, 0.4) is 0 Å². The first-order valence-electron chi connectivity index (χ1n) is 7.93. The molecule has 1 heterocycles. The summed E-state index contributed by atoms with van der Waals surface area (Å²) in [5.41, 5.74) is 2.67. The average molecular weight is 327 g/mol. The summed E-state index contributed by atoms with van der Waals surface area (Å²) in [7, 11) is 0. The Morgan fingerprint density at radius 2 is 1.96 bits per heavy atom. The van der Waals surface area contributed by atoms with Crippen LogP contribution in [0.15, 0.2) is 48.5 Å². The highest BCUT2D eigenvalue weighted by molar-refractivity contribution is 5.87. The van der Waals surface area contributed by atoms with Crippen LogP contribution in [-0.2, 0) is 0 Å². The van der Waals surface area contributed by atoms with E-state index in [1.165, 1.54) is 0 Å². The molecule has 0 saturated carbocycles. The van der Waals surface area contributed by atoms with Crippen molar-refractivity contribution in [2.45, 2.75) is 6.10 Å². The van der Waals surface area contributed by atoms with E-state index in [0.29, 0.717) is 6.54 Å². The zero-order valence-corrected chi connectivity index (χ0v) is 13.3. The molecule has 1 atom stereocenters. The number of nitrogens with zero attached hydrogens (tertiary/aromatic N) is 2. The van der Waals surface area contributed by atoms with E-state index in [-0.39, 0.29) is 6.61 Å². The van der Waals surface area contributed by atoms with Gasteiger partial charge in [0.15, 0.2) is 0 Å². The Bertz CT molecular complexity index is 747. The fourth-order valence-electron chi connectivity index (χ4n) is 2.34. The molecular formula is C17H21N5O2. The molecule has 4 N–H and O–H groups in total. The maximum atomic E-state index is 9.91. The predicted octanol–water partition coefficient (Wildman–Crippen LogP) is 1.40. The van der Waals surface area contributed by atoms with Crippen LogP contribution in [-0.4, -0.2) is 52.9 Å². The number of aromatic nitrogens is 3. The van der Waals surface area contributed by atoms with Gasteiger partial charge in [-0.05, 0) is 24.3 Å². The van der Waals surface area contributed by atoms with E-state index in [4.69, 9.17) is 4.74 Å². The second kappa shape index (κ2) is 8.28. The molecule has 24 heavy (non-hydrogen) atoms. The van der Waals surface area contributed by atoms with Gasteiger partial charge in [-0.25, -0.2) is 0 Å². The minimum Gasteiger partial charge on any atom is -0.491 e. The topological polar surface area (TPSA) is 95.1 Å². The van der Waals surface area contributed by atoms with Crippen molar-refractivity contribution in [3.63, 3.8) is 0 Å². The SMILES string of the molecule is OC(CNCCNc1cccc2[nH]nnc12)COc1ccccc1. The molecule has 0 fully saturated rings. The molecule has 7 nitrogen and oxygen atoms in total. The minimum absolute atomic E-state index is 0.267. The molecule has 3 aromatic rings. The number of benzene rings is 2. The van der Waals surface area contributed by atoms with E-state index >= 15 is 0 Å². The number of aliphatic hydroxyl groups is 1. The summed E-state index contributed by atoms with van der Waals surface area (Å²) in [6.07, 6.45) is -0.552. The zero-order chi connectivity index (χ0) is 16.6. The standard InChI is InChI=1S/C17H21N5O2/c23-13(12-24-14-5-2-1-3-6-14)11-18-9-10-19-15-7-4-8-16-17(15)21-22-20-16/h1-8,13,18-19,23H,9-12H2,(H,20,21,22). The number of anilines is 1. The van der Waals surface area contributed by atoms with Gasteiger partial charge in [0.05, 0.1) is 11.2 Å². The molecule has 1 unspecified atom stereocenters. The molecule has 0 radical (unpaired) electrons. The van der Waals surface area contributed by atoms with Gasteiger partial charge in [-0.2, -0.15) is 0 Å². The summed E-state index contributed by atoms with van der Waals surface area (Å²) in [4.78, 5) is 0. The van der Waals surface area contributed by atoms with Gasteiger partial charge < -0.3 is 20.5 Å². The van der Waals surface area contributed by atoms with Crippen molar-refractivity contribution in [3.8, 4) is 5.75 Å². The summed E-state index contributed by atoms with van der Waals surface area (Å²) in [6.45, 7) is 2.18. The van der Waals surface area contributed by atoms with Gasteiger partial charge in [-0.15, -0.1) is 5.10 Å². The third kappa shape index (κ3) is 4.43. The van der Waals surface area contributed by atoms with Crippen molar-refractivity contribution in [1.29, 1.82) is 0 Å². The van der Waals surface area contributed by atoms with Gasteiger partial charge in [0.25, 0.3) is 0 Å². The van der Waals surface area contributed by atoms with Crippen LogP contribution in [0, 0.1) is 0 Å². The second-order valence-electron chi connectivity index (χ2n) is 5.42. The third-order valence-electron chi connectivity index (χ3n) is 3.54. The first-order valence-corrected chi connectivity index (χ1v) is 7.93. The number of nitrogens with one attached hydrogen (secondary N) is 3. The third-order valence-corrected chi connectivity index (χ3v) is 3.54. The van der Waals surface area contributed by atoms with Crippen molar-refractivity contribution in [2.75, 3.05) is 31.6 Å². The summed E-state index contributed by atoms with van der Waals surface area (Å²) < 4.78 is 5.51. The van der Waals surface area contributed by atoms with Crippen LogP contribution < -0.4 is 15.4 Å². The molecular weight excluding hydrogens is 306 g/mol. The molecule has 0 aliphatic carbocycles. The largest absolute Gasteiger partial charge is 0.491 e. The van der Waals surface area contributed by atoms with Crippen LogP contribution in [0.1, 0.15) is 0 Å². The molecule has 0 saturated heterocycles. The van der Waals surface area contributed by atoms with E-state index in [1.807, 2.05) is 48.5 Å². The Kier molecular flexibility index (Phi) is 5.60. The van der Waals surface area contributed by atoms with E-state index in [0.717, 1.165) is 35.6 Å². The summed E-state index contributed by atoms with van der Waals surface area (Å²) in [5.74, 6) is 0.763. The van der Waals surface area contributed by atoms with Crippen molar-refractivity contribution >= 4 is 16.7 Å².